The lowest BCUT2D eigenvalue weighted by Gasteiger charge is -2.39. The Morgan fingerprint density at radius 2 is 1.59 bits per heavy atom. The summed E-state index contributed by atoms with van der Waals surface area (Å²) >= 11 is 1.10. The molecule has 1 aromatic carbocycles. The Labute approximate surface area is 188 Å². The summed E-state index contributed by atoms with van der Waals surface area (Å²) in [4.78, 5) is 43.6. The number of nitrogens with zero attached hydrogens (tertiary/aromatic N) is 3. The number of benzene rings is 1. The van der Waals surface area contributed by atoms with E-state index in [1.54, 1.807) is 9.80 Å². The summed E-state index contributed by atoms with van der Waals surface area (Å²) in [5, 5.41) is 1.79. The predicted octanol–water partition coefficient (Wildman–Crippen LogP) is 3.26. The molecule has 7 nitrogen and oxygen atoms in total. The molecule has 2 fully saturated rings. The van der Waals surface area contributed by atoms with Gasteiger partial charge in [0.05, 0.1) is 16.5 Å². The fourth-order valence-corrected chi connectivity index (χ4v) is 5.26. The average molecular weight is 471 g/mol. The van der Waals surface area contributed by atoms with Gasteiger partial charge in [-0.2, -0.15) is 13.2 Å². The van der Waals surface area contributed by atoms with Gasteiger partial charge in [-0.05, 0) is 37.5 Å². The van der Waals surface area contributed by atoms with Gasteiger partial charge in [0.15, 0.2) is 0 Å². The number of carbonyl (C=O) groups excluding carboxylic acids is 3. The van der Waals surface area contributed by atoms with Crippen molar-refractivity contribution in [2.24, 2.45) is 0 Å². The van der Waals surface area contributed by atoms with Gasteiger partial charge in [-0.25, -0.2) is 4.79 Å². The molecule has 0 spiro atoms. The van der Waals surface area contributed by atoms with Gasteiger partial charge in [0.2, 0.25) is 11.8 Å². The summed E-state index contributed by atoms with van der Waals surface area (Å²) in [5.41, 5.74) is -0.716. The minimum absolute atomic E-state index is 0.0221. The first-order chi connectivity index (χ1) is 15.2. The van der Waals surface area contributed by atoms with E-state index in [1.807, 2.05) is 4.90 Å². The molecule has 0 radical (unpaired) electrons. The number of piperazine rings is 1. The molecular formula is C21H25F3N4O3S. The molecule has 0 aliphatic carbocycles. The summed E-state index contributed by atoms with van der Waals surface area (Å²) in [6.07, 6.45) is -1.35. The van der Waals surface area contributed by atoms with Crippen LogP contribution in [0, 0.1) is 0 Å². The van der Waals surface area contributed by atoms with Gasteiger partial charge in [0.1, 0.15) is 0 Å². The smallest absolute Gasteiger partial charge is 0.339 e. The predicted molar refractivity (Wildman–Crippen MR) is 113 cm³/mol. The number of carbonyl (C=O) groups is 3. The Morgan fingerprint density at radius 3 is 2.25 bits per heavy atom. The average Bonchev–Trinajstić information content (AvgIpc) is 2.78. The van der Waals surface area contributed by atoms with Crippen molar-refractivity contribution < 1.29 is 27.6 Å². The number of rotatable bonds is 2. The molecule has 3 aliphatic rings. The van der Waals surface area contributed by atoms with Gasteiger partial charge in [-0.1, -0.05) is 0 Å². The molecule has 2 saturated heterocycles. The standard InChI is InChI=1S/C21H25F3N4O3S/c22-21(23,24)14-4-5-16-15(12-14)25-19(30)17(32-16)13-18(29)26-8-10-28(11-9-26)20(31)27-6-2-1-3-7-27/h4-5,12,17H,1-3,6-11,13H2,(H,25,30). The van der Waals surface area contributed by atoms with Crippen LogP contribution in [0.4, 0.5) is 23.7 Å². The van der Waals surface area contributed by atoms with Crippen LogP contribution < -0.4 is 5.32 Å². The summed E-state index contributed by atoms with van der Waals surface area (Å²) in [5.74, 6) is -0.674. The Balaban J connectivity index is 1.31. The summed E-state index contributed by atoms with van der Waals surface area (Å²) in [6.45, 7) is 3.27. The van der Waals surface area contributed by atoms with Crippen LogP contribution in [0.3, 0.4) is 0 Å². The van der Waals surface area contributed by atoms with Crippen LogP contribution >= 0.6 is 11.8 Å². The topological polar surface area (TPSA) is 73.0 Å². The zero-order valence-electron chi connectivity index (χ0n) is 17.5. The van der Waals surface area contributed by atoms with Gasteiger partial charge < -0.3 is 20.0 Å². The number of nitrogens with one attached hydrogen (secondary N) is 1. The molecule has 32 heavy (non-hydrogen) atoms. The van der Waals surface area contributed by atoms with Crippen LogP contribution in [0.25, 0.3) is 0 Å². The highest BCUT2D eigenvalue weighted by molar-refractivity contribution is 8.01. The van der Waals surface area contributed by atoms with Crippen LogP contribution in [0.5, 0.6) is 0 Å². The SMILES string of the molecule is O=C1Nc2cc(C(F)(F)F)ccc2SC1CC(=O)N1CCN(C(=O)N2CCCCC2)CC1. The molecule has 174 valence electrons. The Hall–Kier alpha value is -2.43. The summed E-state index contributed by atoms with van der Waals surface area (Å²) < 4.78 is 38.7. The van der Waals surface area contributed by atoms with E-state index in [4.69, 9.17) is 0 Å². The first-order valence-corrected chi connectivity index (χ1v) is 11.6. The van der Waals surface area contributed by atoms with E-state index in [1.165, 1.54) is 6.07 Å². The van der Waals surface area contributed by atoms with E-state index in [2.05, 4.69) is 5.32 Å². The van der Waals surface area contributed by atoms with Crippen molar-refractivity contribution >= 4 is 35.3 Å². The molecule has 3 aliphatic heterocycles. The summed E-state index contributed by atoms with van der Waals surface area (Å²) in [7, 11) is 0. The van der Waals surface area contributed by atoms with E-state index in [-0.39, 0.29) is 24.0 Å². The second-order valence-corrected chi connectivity index (χ2v) is 9.45. The van der Waals surface area contributed by atoms with Crippen molar-refractivity contribution in [2.75, 3.05) is 44.6 Å². The molecular weight excluding hydrogens is 445 g/mol. The minimum atomic E-state index is -4.49. The molecule has 0 bridgehead atoms. The number of amides is 4. The highest BCUT2D eigenvalue weighted by atomic mass is 32.2. The fraction of sp³-hybridized carbons (Fsp3) is 0.571. The molecule has 1 unspecified atom stereocenters. The fourth-order valence-electron chi connectivity index (χ4n) is 4.18. The number of fused-ring (bicyclic) bond motifs is 1. The number of hydrogen-bond donors (Lipinski definition) is 1. The maximum absolute atomic E-state index is 12.9. The second kappa shape index (κ2) is 9.21. The monoisotopic (exact) mass is 470 g/mol. The molecule has 4 amide bonds. The molecule has 0 aromatic heterocycles. The lowest BCUT2D eigenvalue weighted by Crippen LogP contribution is -2.55. The van der Waals surface area contributed by atoms with E-state index in [9.17, 15) is 27.6 Å². The highest BCUT2D eigenvalue weighted by Gasteiger charge is 2.35. The number of hydrogen-bond acceptors (Lipinski definition) is 4. The van der Waals surface area contributed by atoms with Gasteiger partial charge in [0.25, 0.3) is 0 Å². The molecule has 1 N–H and O–H groups in total. The number of piperidine rings is 1. The summed E-state index contributed by atoms with van der Waals surface area (Å²) in [6, 6.07) is 3.23. The molecule has 0 saturated carbocycles. The molecule has 3 heterocycles. The van der Waals surface area contributed by atoms with Crippen molar-refractivity contribution in [3.05, 3.63) is 23.8 Å². The molecule has 4 rings (SSSR count). The van der Waals surface area contributed by atoms with Crippen LogP contribution in [-0.2, 0) is 15.8 Å². The van der Waals surface area contributed by atoms with Crippen molar-refractivity contribution in [2.45, 2.75) is 42.0 Å². The second-order valence-electron chi connectivity index (χ2n) is 8.21. The number of thioether (sulfide) groups is 1. The van der Waals surface area contributed by atoms with Crippen LogP contribution in [-0.4, -0.2) is 77.1 Å². The van der Waals surface area contributed by atoms with Crippen LogP contribution in [0.2, 0.25) is 0 Å². The lowest BCUT2D eigenvalue weighted by molar-refractivity contribution is -0.137. The third-order valence-corrected chi connectivity index (χ3v) is 7.29. The van der Waals surface area contributed by atoms with Crippen molar-refractivity contribution in [1.82, 2.24) is 14.7 Å². The third-order valence-electron chi connectivity index (χ3n) is 6.02. The van der Waals surface area contributed by atoms with E-state index in [0.29, 0.717) is 31.1 Å². The van der Waals surface area contributed by atoms with Gasteiger partial charge in [-0.15, -0.1) is 11.8 Å². The van der Waals surface area contributed by atoms with Crippen molar-refractivity contribution in [3.8, 4) is 0 Å². The Morgan fingerprint density at radius 1 is 0.969 bits per heavy atom. The zero-order valence-corrected chi connectivity index (χ0v) is 18.3. The number of anilines is 1. The normalized spacial score (nSPS) is 21.8. The minimum Gasteiger partial charge on any atom is -0.339 e. The molecule has 1 atom stereocenters. The Kier molecular flexibility index (Phi) is 6.55. The van der Waals surface area contributed by atoms with Gasteiger partial charge in [0, 0.05) is 50.6 Å². The van der Waals surface area contributed by atoms with E-state index in [0.717, 1.165) is 56.2 Å². The van der Waals surface area contributed by atoms with Crippen LogP contribution in [0.1, 0.15) is 31.2 Å². The maximum Gasteiger partial charge on any atom is 0.416 e. The number of urea groups is 1. The highest BCUT2D eigenvalue weighted by Crippen LogP contribution is 2.40. The molecule has 1 aromatic rings. The van der Waals surface area contributed by atoms with E-state index >= 15 is 0 Å². The first-order valence-electron chi connectivity index (χ1n) is 10.7. The zero-order chi connectivity index (χ0) is 22.9. The number of halogens is 3. The maximum atomic E-state index is 12.9. The first kappa shape index (κ1) is 22.8. The number of likely N-dealkylation sites (tertiary alicyclic amines) is 1. The van der Waals surface area contributed by atoms with Crippen LogP contribution in [0.15, 0.2) is 23.1 Å². The van der Waals surface area contributed by atoms with Crippen molar-refractivity contribution in [3.63, 3.8) is 0 Å². The lowest BCUT2D eigenvalue weighted by atomic mass is 10.1. The quantitative estimate of drug-likeness (QED) is 0.720. The van der Waals surface area contributed by atoms with Gasteiger partial charge >= 0.3 is 12.2 Å². The van der Waals surface area contributed by atoms with Crippen molar-refractivity contribution in [1.29, 1.82) is 0 Å². The Bertz CT molecular complexity index is 897. The van der Waals surface area contributed by atoms with Gasteiger partial charge in [-0.3, -0.25) is 9.59 Å². The largest absolute Gasteiger partial charge is 0.416 e. The molecule has 11 heteroatoms. The third kappa shape index (κ3) is 4.97. The number of alkyl halides is 3. The van der Waals surface area contributed by atoms with E-state index < -0.39 is 22.9 Å².